The van der Waals surface area contributed by atoms with Gasteiger partial charge in [0, 0.05) is 16.7 Å². The minimum Gasteiger partial charge on any atom is -0.208 e. The zero-order chi connectivity index (χ0) is 40.6. The minimum absolute atomic E-state index is 0.470. The van der Waals surface area contributed by atoms with Crippen molar-refractivity contribution in [1.29, 1.82) is 0 Å². The van der Waals surface area contributed by atoms with E-state index in [0.29, 0.717) is 17.5 Å². The fraction of sp³-hybridized carbons (Fsp3) is 0.0172. The maximum Gasteiger partial charge on any atom is 0.164 e. The number of hydrogen-bond donors (Lipinski definition) is 0. The number of rotatable bonds is 8. The lowest BCUT2D eigenvalue weighted by atomic mass is 9.67. The molecule has 0 fully saturated rings. The van der Waals surface area contributed by atoms with E-state index in [1.165, 1.54) is 33.4 Å². The molecule has 9 aromatic carbocycles. The third kappa shape index (κ3) is 6.44. The number of aromatic nitrogens is 3. The number of hydrogen-bond acceptors (Lipinski definition) is 3. The number of benzene rings is 9. The molecule has 1 aliphatic rings. The van der Waals surface area contributed by atoms with Crippen LogP contribution in [0.1, 0.15) is 22.3 Å². The summed E-state index contributed by atoms with van der Waals surface area (Å²) < 4.78 is 0. The van der Waals surface area contributed by atoms with E-state index in [1.54, 1.807) is 0 Å². The van der Waals surface area contributed by atoms with Gasteiger partial charge in [0.1, 0.15) is 0 Å². The zero-order valence-electron chi connectivity index (χ0n) is 33.4. The predicted octanol–water partition coefficient (Wildman–Crippen LogP) is 14.2. The lowest BCUT2D eigenvalue weighted by Crippen LogP contribution is -2.28. The lowest BCUT2D eigenvalue weighted by molar-refractivity contribution is 0.769. The van der Waals surface area contributed by atoms with Crippen LogP contribution in [0.25, 0.3) is 78.7 Å². The molecule has 1 aliphatic carbocycles. The highest BCUT2D eigenvalue weighted by molar-refractivity contribution is 5.87. The van der Waals surface area contributed by atoms with Crippen LogP contribution in [0, 0.1) is 0 Å². The molecule has 286 valence electrons. The highest BCUT2D eigenvalue weighted by Gasteiger charge is 2.45. The normalized spacial score (nSPS) is 12.4. The zero-order valence-corrected chi connectivity index (χ0v) is 33.4. The van der Waals surface area contributed by atoms with E-state index < -0.39 is 5.41 Å². The molecule has 3 heteroatoms. The van der Waals surface area contributed by atoms with Crippen LogP contribution in [0.15, 0.2) is 237 Å². The summed E-state index contributed by atoms with van der Waals surface area (Å²) in [4.78, 5) is 15.2. The largest absolute Gasteiger partial charge is 0.208 e. The molecule has 1 aromatic heterocycles. The monoisotopic (exact) mass is 777 g/mol. The van der Waals surface area contributed by atoms with Gasteiger partial charge in [-0.3, -0.25) is 0 Å². The highest BCUT2D eigenvalue weighted by Crippen LogP contribution is 2.56. The van der Waals surface area contributed by atoms with E-state index in [4.69, 9.17) is 15.0 Å². The third-order valence-corrected chi connectivity index (χ3v) is 12.0. The fourth-order valence-corrected chi connectivity index (χ4v) is 9.18. The average Bonchev–Trinajstić information content (AvgIpc) is 3.66. The van der Waals surface area contributed by atoms with Gasteiger partial charge in [0.25, 0.3) is 0 Å². The third-order valence-electron chi connectivity index (χ3n) is 12.0. The van der Waals surface area contributed by atoms with E-state index in [9.17, 15) is 0 Å². The molecule has 10 aromatic rings. The number of nitrogens with zero attached hydrogens (tertiary/aromatic N) is 3. The first-order valence-electron chi connectivity index (χ1n) is 20.8. The van der Waals surface area contributed by atoms with Crippen LogP contribution >= 0.6 is 0 Å². The predicted molar refractivity (Wildman–Crippen MR) is 250 cm³/mol. The van der Waals surface area contributed by atoms with Crippen molar-refractivity contribution >= 4 is 0 Å². The van der Waals surface area contributed by atoms with E-state index in [2.05, 4.69) is 176 Å². The molecule has 1 heterocycles. The van der Waals surface area contributed by atoms with Crippen molar-refractivity contribution < 1.29 is 0 Å². The Labute approximate surface area is 356 Å². The van der Waals surface area contributed by atoms with Gasteiger partial charge in [0.15, 0.2) is 17.5 Å². The SMILES string of the molecule is c1ccc(-c2cc(-c3cccc(-c4cccc(C5(c6ccccc6)c6ccccc6-c6ccccc65)c4)c3)cc(-c3nc(-c4ccccc4)nc(-c4ccccc4)n3)c2)cc1. The van der Waals surface area contributed by atoms with Gasteiger partial charge in [-0.2, -0.15) is 0 Å². The summed E-state index contributed by atoms with van der Waals surface area (Å²) in [5, 5.41) is 0. The van der Waals surface area contributed by atoms with Gasteiger partial charge in [-0.15, -0.1) is 0 Å². The molecular formula is C58H39N3. The molecule has 0 unspecified atom stereocenters. The first kappa shape index (κ1) is 36.1. The quantitative estimate of drug-likeness (QED) is 0.154. The van der Waals surface area contributed by atoms with Crippen molar-refractivity contribution in [2.45, 2.75) is 5.41 Å². The Balaban J connectivity index is 1.06. The summed E-state index contributed by atoms with van der Waals surface area (Å²) >= 11 is 0. The second kappa shape index (κ2) is 15.3. The van der Waals surface area contributed by atoms with Crippen LogP contribution in [0.5, 0.6) is 0 Å². The van der Waals surface area contributed by atoms with Gasteiger partial charge < -0.3 is 0 Å². The fourth-order valence-electron chi connectivity index (χ4n) is 9.18. The van der Waals surface area contributed by atoms with E-state index in [0.717, 1.165) is 50.1 Å². The summed E-state index contributed by atoms with van der Waals surface area (Å²) in [5.41, 5.74) is 16.7. The Kier molecular flexibility index (Phi) is 9.05. The summed E-state index contributed by atoms with van der Waals surface area (Å²) in [5.74, 6) is 1.90. The summed E-state index contributed by atoms with van der Waals surface area (Å²) in [6.45, 7) is 0. The molecule has 0 aliphatic heterocycles. The van der Waals surface area contributed by atoms with Crippen molar-refractivity contribution in [1.82, 2.24) is 15.0 Å². The minimum atomic E-state index is -0.470. The van der Waals surface area contributed by atoms with E-state index in [1.807, 2.05) is 60.7 Å². The Hall–Kier alpha value is -8.01. The molecule has 61 heavy (non-hydrogen) atoms. The Morgan fingerprint density at radius 1 is 0.230 bits per heavy atom. The molecule has 0 saturated carbocycles. The van der Waals surface area contributed by atoms with E-state index >= 15 is 0 Å². The standard InChI is InChI=1S/C58H39N3/c1-5-19-40(20-6-1)46-36-47(38-48(37-46)57-60-55(41-21-7-2-8-22-41)59-56(61-57)42-23-9-3-10-24-42)44-26-17-25-43(35-44)45-27-18-30-50(39-45)58(49-28-11-4-12-29-49)53-33-15-13-31-51(53)52-32-14-16-34-54(52)58/h1-39H. The summed E-state index contributed by atoms with van der Waals surface area (Å²) in [7, 11) is 0. The molecule has 0 atom stereocenters. The molecule has 0 spiro atoms. The Morgan fingerprint density at radius 2 is 0.574 bits per heavy atom. The molecule has 3 nitrogen and oxygen atoms in total. The topological polar surface area (TPSA) is 38.7 Å². The molecule has 0 N–H and O–H groups in total. The van der Waals surface area contributed by atoms with Crippen molar-refractivity contribution in [3.05, 3.63) is 259 Å². The van der Waals surface area contributed by atoms with Crippen molar-refractivity contribution in [3.8, 4) is 78.7 Å². The maximum absolute atomic E-state index is 5.12. The van der Waals surface area contributed by atoms with E-state index in [-0.39, 0.29) is 0 Å². The van der Waals surface area contributed by atoms with Gasteiger partial charge in [0.2, 0.25) is 0 Å². The maximum atomic E-state index is 5.12. The highest BCUT2D eigenvalue weighted by atomic mass is 15.0. The molecule has 0 amide bonds. The van der Waals surface area contributed by atoms with Gasteiger partial charge in [-0.25, -0.2) is 15.0 Å². The van der Waals surface area contributed by atoms with Gasteiger partial charge in [-0.05, 0) is 97.1 Å². The van der Waals surface area contributed by atoms with Crippen molar-refractivity contribution in [3.63, 3.8) is 0 Å². The molecule has 0 radical (unpaired) electrons. The van der Waals surface area contributed by atoms with Crippen molar-refractivity contribution in [2.24, 2.45) is 0 Å². The van der Waals surface area contributed by atoms with Gasteiger partial charge in [-0.1, -0.05) is 206 Å². The van der Waals surface area contributed by atoms with Crippen LogP contribution < -0.4 is 0 Å². The molecular weight excluding hydrogens is 739 g/mol. The summed E-state index contributed by atoms with van der Waals surface area (Å²) in [6, 6.07) is 84.4. The smallest absolute Gasteiger partial charge is 0.164 e. The Morgan fingerprint density at radius 3 is 1.13 bits per heavy atom. The molecule has 0 bridgehead atoms. The van der Waals surface area contributed by atoms with Crippen LogP contribution in [-0.4, -0.2) is 15.0 Å². The Bertz CT molecular complexity index is 3080. The molecule has 0 saturated heterocycles. The van der Waals surface area contributed by atoms with Crippen LogP contribution in [0.4, 0.5) is 0 Å². The second-order valence-corrected chi connectivity index (χ2v) is 15.6. The van der Waals surface area contributed by atoms with Crippen LogP contribution in [0.3, 0.4) is 0 Å². The molecule has 11 rings (SSSR count). The van der Waals surface area contributed by atoms with Crippen LogP contribution in [-0.2, 0) is 5.41 Å². The van der Waals surface area contributed by atoms with Crippen molar-refractivity contribution in [2.75, 3.05) is 0 Å². The lowest BCUT2D eigenvalue weighted by Gasteiger charge is -2.34. The number of fused-ring (bicyclic) bond motifs is 3. The average molecular weight is 778 g/mol. The van der Waals surface area contributed by atoms with Gasteiger partial charge >= 0.3 is 0 Å². The first-order chi connectivity index (χ1) is 30.2. The van der Waals surface area contributed by atoms with Gasteiger partial charge in [0.05, 0.1) is 5.41 Å². The van der Waals surface area contributed by atoms with Crippen LogP contribution in [0.2, 0.25) is 0 Å². The summed E-state index contributed by atoms with van der Waals surface area (Å²) in [6.07, 6.45) is 0. The first-order valence-corrected chi connectivity index (χ1v) is 20.8. The second-order valence-electron chi connectivity index (χ2n) is 15.6.